The number of alkyl halides is 3. The Morgan fingerprint density at radius 1 is 1.38 bits per heavy atom. The molecule has 2 aliphatic rings. The minimum atomic E-state index is -4.39. The van der Waals surface area contributed by atoms with E-state index in [4.69, 9.17) is 4.74 Å². The van der Waals surface area contributed by atoms with Gasteiger partial charge in [0.05, 0.1) is 11.1 Å². The molecule has 2 amide bonds. The zero-order valence-electron chi connectivity index (χ0n) is 14.7. The second-order valence-corrected chi connectivity index (χ2v) is 7.79. The minimum absolute atomic E-state index is 0.00676. The number of carbonyl (C=O) groups is 1. The number of urea groups is 1. The lowest BCUT2D eigenvalue weighted by atomic mass is 9.97. The van der Waals surface area contributed by atoms with Gasteiger partial charge < -0.3 is 15.0 Å². The molecule has 9 heteroatoms. The van der Waals surface area contributed by atoms with Crippen LogP contribution in [0.5, 0.6) is 0 Å². The first kappa shape index (κ1) is 19.4. The molecule has 2 fully saturated rings. The summed E-state index contributed by atoms with van der Waals surface area (Å²) >= 11 is 1.06. The van der Waals surface area contributed by atoms with Gasteiger partial charge in [0.1, 0.15) is 0 Å². The monoisotopic (exact) mass is 391 g/mol. The van der Waals surface area contributed by atoms with Crippen molar-refractivity contribution < 1.29 is 22.7 Å². The lowest BCUT2D eigenvalue weighted by molar-refractivity contribution is -0.140. The fraction of sp³-hybridized carbons (Fsp3) is 0.765. The molecule has 5 nitrogen and oxygen atoms in total. The summed E-state index contributed by atoms with van der Waals surface area (Å²) in [4.78, 5) is 18.0. The molecule has 0 aliphatic carbocycles. The highest BCUT2D eigenvalue weighted by Gasteiger charge is 2.35. The van der Waals surface area contributed by atoms with Crippen molar-refractivity contribution in [2.45, 2.75) is 63.3 Å². The first-order valence-electron chi connectivity index (χ1n) is 9.06. The van der Waals surface area contributed by atoms with E-state index in [9.17, 15) is 18.0 Å². The molecule has 2 aliphatic heterocycles. The number of piperidine rings is 1. The smallest absolute Gasteiger partial charge is 0.378 e. The highest BCUT2D eigenvalue weighted by Crippen LogP contribution is 2.35. The van der Waals surface area contributed by atoms with Crippen LogP contribution in [-0.2, 0) is 10.9 Å². The minimum Gasteiger partial charge on any atom is -0.378 e. The Hall–Kier alpha value is -1.35. The molecule has 3 heterocycles. The largest absolute Gasteiger partial charge is 0.434 e. The number of thiazole rings is 1. The van der Waals surface area contributed by atoms with Gasteiger partial charge in [-0.25, -0.2) is 9.78 Å². The SMILES string of the molecule is CCC1CC(NC(=O)N2CCC(c3nc(C(F)(F)F)cs3)CC2)CCO1. The molecule has 2 atom stereocenters. The molecule has 0 spiro atoms. The van der Waals surface area contributed by atoms with E-state index in [-0.39, 0.29) is 24.1 Å². The highest BCUT2D eigenvalue weighted by atomic mass is 32.1. The number of hydrogen-bond acceptors (Lipinski definition) is 4. The maximum absolute atomic E-state index is 12.7. The molecule has 1 aromatic rings. The van der Waals surface area contributed by atoms with Crippen LogP contribution >= 0.6 is 11.3 Å². The lowest BCUT2D eigenvalue weighted by Crippen LogP contribution is -2.50. The number of rotatable bonds is 3. The summed E-state index contributed by atoms with van der Waals surface area (Å²) < 4.78 is 43.7. The molecule has 146 valence electrons. The van der Waals surface area contributed by atoms with Gasteiger partial charge in [-0.3, -0.25) is 0 Å². The predicted molar refractivity (Wildman–Crippen MR) is 92.2 cm³/mol. The molecule has 0 bridgehead atoms. The van der Waals surface area contributed by atoms with Gasteiger partial charge >= 0.3 is 12.2 Å². The summed E-state index contributed by atoms with van der Waals surface area (Å²) in [6.45, 7) is 3.81. The van der Waals surface area contributed by atoms with Crippen molar-refractivity contribution in [2.75, 3.05) is 19.7 Å². The molecule has 1 N–H and O–H groups in total. The van der Waals surface area contributed by atoms with Gasteiger partial charge in [0.15, 0.2) is 5.69 Å². The van der Waals surface area contributed by atoms with Crippen molar-refractivity contribution in [1.82, 2.24) is 15.2 Å². The van der Waals surface area contributed by atoms with Gasteiger partial charge in [0.25, 0.3) is 0 Å². The van der Waals surface area contributed by atoms with Crippen LogP contribution in [0.3, 0.4) is 0 Å². The first-order chi connectivity index (χ1) is 12.4. The van der Waals surface area contributed by atoms with Crippen LogP contribution in [0.15, 0.2) is 5.38 Å². The first-order valence-corrected chi connectivity index (χ1v) is 9.94. The molecule has 2 unspecified atom stereocenters. The molecule has 1 aromatic heterocycles. The van der Waals surface area contributed by atoms with Crippen LogP contribution in [0, 0.1) is 0 Å². The Kier molecular flexibility index (Phi) is 6.06. The number of nitrogens with zero attached hydrogens (tertiary/aromatic N) is 2. The Balaban J connectivity index is 1.48. The van der Waals surface area contributed by atoms with Crippen molar-refractivity contribution in [1.29, 1.82) is 0 Å². The number of nitrogens with one attached hydrogen (secondary N) is 1. The van der Waals surface area contributed by atoms with Crippen LogP contribution in [0.1, 0.15) is 55.6 Å². The molecular formula is C17H24F3N3O2S. The van der Waals surface area contributed by atoms with E-state index >= 15 is 0 Å². The van der Waals surface area contributed by atoms with E-state index in [1.165, 1.54) is 0 Å². The normalized spacial score (nSPS) is 25.3. The van der Waals surface area contributed by atoms with Gasteiger partial charge in [0.2, 0.25) is 0 Å². The molecule has 0 radical (unpaired) electrons. The maximum atomic E-state index is 12.7. The van der Waals surface area contributed by atoms with E-state index in [0.29, 0.717) is 37.5 Å². The molecule has 3 rings (SSSR count). The van der Waals surface area contributed by atoms with E-state index < -0.39 is 11.9 Å². The summed E-state index contributed by atoms with van der Waals surface area (Å²) in [6, 6.07) is 0.0487. The van der Waals surface area contributed by atoms with Crippen LogP contribution in [0.2, 0.25) is 0 Å². The van der Waals surface area contributed by atoms with E-state index in [2.05, 4.69) is 17.2 Å². The number of carbonyl (C=O) groups excluding carboxylic acids is 1. The topological polar surface area (TPSA) is 54.5 Å². The number of halogens is 3. The maximum Gasteiger partial charge on any atom is 0.434 e. The van der Waals surface area contributed by atoms with Gasteiger partial charge in [0, 0.05) is 37.0 Å². The molecule has 0 saturated carbocycles. The Morgan fingerprint density at radius 2 is 2.12 bits per heavy atom. The predicted octanol–water partition coefficient (Wildman–Crippen LogP) is 4.01. The fourth-order valence-corrected chi connectivity index (χ4v) is 4.49. The third-order valence-electron chi connectivity index (χ3n) is 5.09. The van der Waals surface area contributed by atoms with E-state index in [0.717, 1.165) is 36.0 Å². The number of amides is 2. The Bertz CT molecular complexity index is 615. The van der Waals surface area contributed by atoms with Crippen LogP contribution in [-0.4, -0.2) is 47.8 Å². The van der Waals surface area contributed by atoms with Crippen molar-refractivity contribution >= 4 is 17.4 Å². The number of hydrogen-bond donors (Lipinski definition) is 1. The van der Waals surface area contributed by atoms with Gasteiger partial charge in [-0.05, 0) is 32.1 Å². The number of ether oxygens (including phenoxy) is 1. The standard InChI is InChI=1S/C17H24F3N3O2S/c1-2-13-9-12(5-8-25-13)21-16(24)23-6-3-11(4-7-23)15-22-14(10-26-15)17(18,19)20/h10-13H,2-9H2,1H3,(H,21,24). The Labute approximate surface area is 154 Å². The van der Waals surface area contributed by atoms with Crippen LogP contribution in [0.25, 0.3) is 0 Å². The molecule has 26 heavy (non-hydrogen) atoms. The average molecular weight is 391 g/mol. The summed E-state index contributed by atoms with van der Waals surface area (Å²) in [5.74, 6) is -0.00676. The third kappa shape index (κ3) is 4.68. The van der Waals surface area contributed by atoms with Crippen molar-refractivity contribution in [2.24, 2.45) is 0 Å². The highest BCUT2D eigenvalue weighted by molar-refractivity contribution is 7.09. The third-order valence-corrected chi connectivity index (χ3v) is 6.10. The quantitative estimate of drug-likeness (QED) is 0.847. The number of likely N-dealkylation sites (tertiary alicyclic amines) is 1. The Morgan fingerprint density at radius 3 is 2.73 bits per heavy atom. The van der Waals surface area contributed by atoms with Crippen molar-refractivity contribution in [3.63, 3.8) is 0 Å². The molecule has 0 aromatic carbocycles. The summed E-state index contributed by atoms with van der Waals surface area (Å²) in [5.41, 5.74) is -0.817. The zero-order valence-corrected chi connectivity index (χ0v) is 15.5. The molecule has 2 saturated heterocycles. The van der Waals surface area contributed by atoms with E-state index in [1.54, 1.807) is 4.90 Å². The molecular weight excluding hydrogens is 367 g/mol. The van der Waals surface area contributed by atoms with Gasteiger partial charge in [-0.2, -0.15) is 13.2 Å². The lowest BCUT2D eigenvalue weighted by Gasteiger charge is -2.34. The number of aromatic nitrogens is 1. The van der Waals surface area contributed by atoms with Crippen LogP contribution in [0.4, 0.5) is 18.0 Å². The van der Waals surface area contributed by atoms with Crippen LogP contribution < -0.4 is 5.32 Å². The average Bonchev–Trinajstić information content (AvgIpc) is 3.12. The van der Waals surface area contributed by atoms with Gasteiger partial charge in [-0.15, -0.1) is 11.3 Å². The van der Waals surface area contributed by atoms with E-state index in [1.807, 2.05) is 0 Å². The van der Waals surface area contributed by atoms with Crippen molar-refractivity contribution in [3.05, 3.63) is 16.1 Å². The summed E-state index contributed by atoms with van der Waals surface area (Å²) in [6.07, 6.45) is -0.322. The second kappa shape index (κ2) is 8.12. The zero-order chi connectivity index (χ0) is 18.7. The summed E-state index contributed by atoms with van der Waals surface area (Å²) in [5, 5.41) is 4.67. The van der Waals surface area contributed by atoms with Gasteiger partial charge in [-0.1, -0.05) is 6.92 Å². The summed E-state index contributed by atoms with van der Waals surface area (Å²) in [7, 11) is 0. The second-order valence-electron chi connectivity index (χ2n) is 6.90. The fourth-order valence-electron chi connectivity index (χ4n) is 3.50. The van der Waals surface area contributed by atoms with Crippen molar-refractivity contribution in [3.8, 4) is 0 Å².